The normalized spacial score (nSPS) is 17.4. The number of rotatable bonds is 13. The predicted molar refractivity (Wildman–Crippen MR) is 575 cm³/mol. The highest BCUT2D eigenvalue weighted by molar-refractivity contribution is 6.19. The van der Waals surface area contributed by atoms with Gasteiger partial charge >= 0.3 is 0 Å². The molecule has 0 aliphatic carbocycles. The Morgan fingerprint density at radius 3 is 0.806 bits per heavy atom. The Morgan fingerprint density at radius 2 is 0.561 bits per heavy atom. The molecule has 0 spiro atoms. The molecule has 12 nitrogen and oxygen atoms in total. The standard InChI is InChI=1S/C33H33N2O.C32H31N2O.2C31H29N2O/c1-20-14-15-25-26-16-17-27(34-7)30(23-12-10-9-11-13-23)32(26)36-31(25)29(20)28-18-24(19-33(4,5)6)21(2)22(3)35(28)8;1-19(2)17-24-18-28(34(7)22(5)21(24)4)29-20(3)13-14-25-26-15-16-27(33-6)30(32(26)35-31(25)29)23-11-9-8-10-12-23;2*1-18(2)25-17-27(33(7)21(5)20(25)4)28-19(3)13-14-23-24-15-16-26(32-6)29(31(24)34-30(23)28)22-11-9-8-10-12-22/h9-18H,19H2,1-6,8H3;8-16,18-19H,17H2,1-5,7H3;2*8-18H,1-5,7H3/q4*+1/i2D3,9D,10D,11D,12D,13D,18D,19D2;4D3,8D,9D,10D,11D,12D,17D2,18D;1D3,4D3,8D,9D,10D,11D,12D,17D,18D;4D3,8D,9D,10D,11D,12D,17D,18D. The van der Waals surface area contributed by atoms with E-state index in [1.807, 2.05) is 19.1 Å². The van der Waals surface area contributed by atoms with Gasteiger partial charge < -0.3 is 17.7 Å². The molecular formula is C127H122N8O4+4. The maximum Gasteiger partial charge on any atom is 0.216 e. The van der Waals surface area contributed by atoms with Crippen molar-refractivity contribution in [3.8, 4) is 89.5 Å². The summed E-state index contributed by atoms with van der Waals surface area (Å²) in [5.74, 6) is -4.58. The first-order valence-electron chi connectivity index (χ1n) is 66.7. The molecule has 0 bridgehead atoms. The monoisotopic (exact) mass is 1870 g/mol. The zero-order valence-electron chi connectivity index (χ0n) is 125. The number of pyridine rings is 4. The van der Waals surface area contributed by atoms with E-state index < -0.39 is 208 Å². The van der Waals surface area contributed by atoms with Crippen molar-refractivity contribution >= 4 is 111 Å². The van der Waals surface area contributed by atoms with Crippen molar-refractivity contribution < 1.29 is 97.6 Å². The van der Waals surface area contributed by atoms with Gasteiger partial charge in [0.2, 0.25) is 22.8 Å². The summed E-state index contributed by atoms with van der Waals surface area (Å²) in [5.41, 5.74) is 3.95. The lowest BCUT2D eigenvalue weighted by atomic mass is 9.85. The van der Waals surface area contributed by atoms with Crippen LogP contribution in [-0.2, 0) is 40.9 Å². The number of fused-ring (bicyclic) bond motifs is 12. The number of benzene rings is 12. The van der Waals surface area contributed by atoms with Crippen LogP contribution in [0.2, 0.25) is 0 Å². The van der Waals surface area contributed by atoms with Gasteiger partial charge in [-0.1, -0.05) is 280 Å². The highest BCUT2D eigenvalue weighted by Crippen LogP contribution is 2.51. The van der Waals surface area contributed by atoms with Crippen molar-refractivity contribution in [3.05, 3.63) is 377 Å². The minimum atomic E-state index is -3.00. The van der Waals surface area contributed by atoms with E-state index in [0.29, 0.717) is 105 Å². The molecule has 0 aliphatic rings. The highest BCUT2D eigenvalue weighted by atomic mass is 16.3. The van der Waals surface area contributed by atoms with Crippen molar-refractivity contribution in [1.82, 2.24) is 0 Å². The van der Waals surface area contributed by atoms with Gasteiger partial charge in [0.15, 0.2) is 45.5 Å². The maximum absolute atomic E-state index is 9.45. The smallest absolute Gasteiger partial charge is 0.216 e. The third-order valence-corrected chi connectivity index (χ3v) is 25.0. The van der Waals surface area contributed by atoms with E-state index in [4.69, 9.17) is 100 Å². The van der Waals surface area contributed by atoms with Gasteiger partial charge in [-0.05, 0) is 158 Å². The van der Waals surface area contributed by atoms with Crippen molar-refractivity contribution in [3.63, 3.8) is 0 Å². The molecule has 20 aromatic rings. The quantitative estimate of drug-likeness (QED) is 0.0850. The first-order valence-corrected chi connectivity index (χ1v) is 44.2. The molecule has 1 atom stereocenters. The molecule has 12 heteroatoms. The predicted octanol–water partition coefficient (Wildman–Crippen LogP) is 33.9. The van der Waals surface area contributed by atoms with Crippen molar-refractivity contribution in [2.45, 2.75) is 170 Å². The number of aromatic nitrogens is 4. The van der Waals surface area contributed by atoms with Crippen molar-refractivity contribution in [1.29, 1.82) is 0 Å². The highest BCUT2D eigenvalue weighted by Gasteiger charge is 2.34. The average Bonchev–Trinajstić information content (AvgIpc) is 1.68. The number of hydrogen-bond donors (Lipinski definition) is 0. The molecule has 0 N–H and O–H groups in total. The van der Waals surface area contributed by atoms with E-state index in [-0.39, 0.29) is 192 Å². The average molecular weight is 1870 g/mol. The third kappa shape index (κ3) is 17.2. The summed E-state index contributed by atoms with van der Waals surface area (Å²) in [7, 11) is 6.43. The lowest BCUT2D eigenvalue weighted by Crippen LogP contribution is -2.36. The zero-order chi connectivity index (χ0) is 138. The van der Waals surface area contributed by atoms with Crippen LogP contribution in [0, 0.1) is 120 Å². The summed E-state index contributed by atoms with van der Waals surface area (Å²) in [6.07, 6.45) is -4.42. The number of hydrogen-bond acceptors (Lipinski definition) is 4. The van der Waals surface area contributed by atoms with Gasteiger partial charge in [0.05, 0.1) is 81.4 Å². The van der Waals surface area contributed by atoms with Crippen molar-refractivity contribution in [2.75, 3.05) is 0 Å². The van der Waals surface area contributed by atoms with E-state index in [0.717, 1.165) is 6.92 Å². The van der Waals surface area contributed by atoms with Gasteiger partial charge in [-0.3, -0.25) is 0 Å². The maximum atomic E-state index is 9.45. The largest absolute Gasteiger partial charge is 0.456 e. The lowest BCUT2D eigenvalue weighted by Gasteiger charge is -2.20. The number of aryl methyl sites for hydroxylation is 4. The summed E-state index contributed by atoms with van der Waals surface area (Å²) < 4.78 is 414. The fourth-order valence-electron chi connectivity index (χ4n) is 17.5. The molecule has 8 aromatic heterocycles. The van der Waals surface area contributed by atoms with Crippen molar-refractivity contribution in [2.24, 2.45) is 39.5 Å². The Hall–Kier alpha value is -15.6. The van der Waals surface area contributed by atoms with Crippen LogP contribution in [-0.4, -0.2) is 0 Å². The first kappa shape index (κ1) is 54.4. The molecule has 0 fully saturated rings. The Bertz CT molecular complexity index is 10700. The van der Waals surface area contributed by atoms with Gasteiger partial charge in [0.25, 0.3) is 0 Å². The minimum absolute atomic E-state index is 0.0126. The Labute approximate surface area is 881 Å². The third-order valence-electron chi connectivity index (χ3n) is 25.0. The fraction of sp³-hybridized carbons (Fsp3) is 0.244. The molecule has 690 valence electrons. The zero-order valence-corrected chi connectivity index (χ0v) is 80.0. The second-order valence-corrected chi connectivity index (χ2v) is 35.5. The van der Waals surface area contributed by atoms with Gasteiger partial charge in [0.1, 0.15) is 72.9 Å². The summed E-state index contributed by atoms with van der Waals surface area (Å²) in [5, 5.41) is 4.12. The Kier molecular flexibility index (Phi) is 14.9. The molecule has 20 rings (SSSR count). The van der Waals surface area contributed by atoms with E-state index in [2.05, 4.69) is 19.4 Å². The second-order valence-electron chi connectivity index (χ2n) is 35.5. The summed E-state index contributed by atoms with van der Waals surface area (Å²) in [4.78, 5) is 14.3. The van der Waals surface area contributed by atoms with E-state index in [1.165, 1.54) is 42.8 Å². The number of furan rings is 4. The van der Waals surface area contributed by atoms with Crippen LogP contribution in [0.4, 0.5) is 22.7 Å². The molecule has 12 aromatic carbocycles. The summed E-state index contributed by atoms with van der Waals surface area (Å²) in [6.45, 7) is 43.2. The van der Waals surface area contributed by atoms with Gasteiger partial charge in [-0.25, -0.2) is 19.4 Å². The molecule has 139 heavy (non-hydrogen) atoms. The molecule has 0 saturated carbocycles. The molecule has 1 unspecified atom stereocenters. The molecule has 0 aliphatic heterocycles. The molecular weight excluding hydrogens is 1700 g/mol. The van der Waals surface area contributed by atoms with Crippen LogP contribution in [0.3, 0.4) is 0 Å². The summed E-state index contributed by atoms with van der Waals surface area (Å²) in [6, 6.07) is 14.9. The Morgan fingerprint density at radius 1 is 0.324 bits per heavy atom. The van der Waals surface area contributed by atoms with Gasteiger partial charge in [0, 0.05) is 168 Å². The first-order chi connectivity index (χ1) is 84.8. The molecule has 0 amide bonds. The molecule has 0 radical (unpaired) electrons. The van der Waals surface area contributed by atoms with Crippen LogP contribution in [0.5, 0.6) is 0 Å². The topological polar surface area (TPSA) is 85.5 Å². The second kappa shape index (κ2) is 38.2. The van der Waals surface area contributed by atoms with Crippen LogP contribution < -0.4 is 18.3 Å². The SMILES string of the molecule is [2H]c1c([2H])c([2H])c(-c2c([N+]#[C-])ccc3c2oc2c(-c4c([2H])c(C([2H])(C)C([2H])([2H])[2H])c(C([2H])([2H])[2H])c(C)[n+]4C)c(C)ccc23)c([2H])c1[2H].[2H]c1c([2H])c([2H])c(-c2c([N+]#[C-])ccc3c2oc2c(-c4c([2H])c(C([2H])(C)C)c(C([2H])([2H])[2H])c(C)[n+]4C)c(C)ccc23)c([2H])c1[2H].[2H]c1c([2H])c([2H])c(-c2c([N+]#[C-])ccc3c2oc2c(-c4c([2H])c(C([2H])([2H])C(C)(C)C)c(C([2H])([2H])[2H])c(C)[n+]4C)c(C)ccc23)c([2H])c1[2H].[2H]c1c([2H])c([2H])c(-c2c([N+]#[C-])ccc3c2oc2c(-c4c([2H])c(C([2H])([2H])C(C)C)c(C([2H])([2H])[2H])c(C)[n+]4C)c(C)ccc23)c([2H])c1[2H]. The van der Waals surface area contributed by atoms with Gasteiger partial charge in [-0.15, -0.1) is 0 Å². The molecule has 0 saturated heterocycles. The van der Waals surface area contributed by atoms with E-state index in [1.54, 1.807) is 186 Å². The number of nitrogens with zero attached hydrogens (tertiary/aromatic N) is 8. The van der Waals surface area contributed by atoms with Crippen LogP contribution in [0.25, 0.3) is 197 Å². The minimum Gasteiger partial charge on any atom is -0.456 e. The van der Waals surface area contributed by atoms with E-state index in [9.17, 15) is 5.48 Å². The van der Waals surface area contributed by atoms with Crippen LogP contribution in [0.15, 0.2) is 260 Å². The van der Waals surface area contributed by atoms with Crippen LogP contribution in [0.1, 0.15) is 225 Å². The van der Waals surface area contributed by atoms with Gasteiger partial charge in [-0.2, -0.15) is 18.3 Å². The lowest BCUT2D eigenvalue weighted by molar-refractivity contribution is -0.667. The Balaban J connectivity index is 0.000000161. The summed E-state index contributed by atoms with van der Waals surface area (Å²) >= 11 is 0. The van der Waals surface area contributed by atoms with E-state index >= 15 is 0 Å². The van der Waals surface area contributed by atoms with Crippen LogP contribution >= 0.6 is 0 Å². The fourth-order valence-corrected chi connectivity index (χ4v) is 17.5. The molecule has 8 heterocycles.